The van der Waals surface area contributed by atoms with E-state index in [-0.39, 0.29) is 28.0 Å². The lowest BCUT2D eigenvalue weighted by molar-refractivity contribution is 0.161. The number of hydrogen-bond donors (Lipinski definition) is 1. The lowest BCUT2D eigenvalue weighted by atomic mass is 9.97. The third-order valence-corrected chi connectivity index (χ3v) is 4.58. The summed E-state index contributed by atoms with van der Waals surface area (Å²) in [5.41, 5.74) is 5.91. The average Bonchev–Trinajstić information content (AvgIpc) is 3.15. The summed E-state index contributed by atoms with van der Waals surface area (Å²) in [4.78, 5) is 19.1. The molecule has 0 aliphatic heterocycles. The summed E-state index contributed by atoms with van der Waals surface area (Å²) >= 11 is 0. The van der Waals surface area contributed by atoms with Crippen molar-refractivity contribution in [2.45, 2.75) is 19.8 Å². The predicted molar refractivity (Wildman–Crippen MR) is 103 cm³/mol. The van der Waals surface area contributed by atoms with E-state index in [2.05, 4.69) is 30.3 Å². The molecule has 0 spiro atoms. The van der Waals surface area contributed by atoms with Gasteiger partial charge in [0, 0.05) is 29.1 Å². The van der Waals surface area contributed by atoms with Crippen LogP contribution in [0.2, 0.25) is 0 Å². The Labute approximate surface area is 168 Å². The SMILES string of the molecule is CC(=NOC(N)=O)c1ccc2nnc([C@@H](C)c3c(F)cc4ncccc4c3F)n2n1. The fourth-order valence-corrected chi connectivity index (χ4v) is 3.12. The number of carbonyl (C=O) groups is 1. The van der Waals surface area contributed by atoms with Crippen LogP contribution in [0.4, 0.5) is 13.6 Å². The summed E-state index contributed by atoms with van der Waals surface area (Å²) in [7, 11) is 0. The Balaban J connectivity index is 1.82. The number of fused-ring (bicyclic) bond motifs is 2. The van der Waals surface area contributed by atoms with E-state index in [9.17, 15) is 9.18 Å². The molecule has 0 aliphatic rings. The first kappa shape index (κ1) is 19.3. The summed E-state index contributed by atoms with van der Waals surface area (Å²) in [6, 6.07) is 7.49. The van der Waals surface area contributed by atoms with Crippen LogP contribution in [0.15, 0.2) is 41.7 Å². The maximum absolute atomic E-state index is 15.1. The number of carbonyl (C=O) groups excluding carboxylic acids is 1. The highest BCUT2D eigenvalue weighted by molar-refractivity contribution is 5.96. The highest BCUT2D eigenvalue weighted by atomic mass is 19.1. The Bertz CT molecular complexity index is 1320. The maximum Gasteiger partial charge on any atom is 0.430 e. The van der Waals surface area contributed by atoms with E-state index in [1.165, 1.54) is 22.8 Å². The first-order valence-corrected chi connectivity index (χ1v) is 8.83. The monoisotopic (exact) mass is 411 g/mol. The van der Waals surface area contributed by atoms with Crippen molar-refractivity contribution in [3.63, 3.8) is 0 Å². The van der Waals surface area contributed by atoms with E-state index in [4.69, 9.17) is 5.73 Å². The van der Waals surface area contributed by atoms with E-state index >= 15 is 4.39 Å². The van der Waals surface area contributed by atoms with Gasteiger partial charge >= 0.3 is 6.09 Å². The standard InChI is InChI=1S/C19H15F2N7O2/c1-9(16-12(20)8-14-11(17(16)21)4-3-7-23-14)18-25-24-15-6-5-13(26-28(15)18)10(2)27-30-19(22)29/h3-9H,1-2H3,(H2,22,29)/t9-/m0/s1. The number of primary amides is 1. The third-order valence-electron chi connectivity index (χ3n) is 4.58. The van der Waals surface area contributed by atoms with Crippen molar-refractivity contribution in [3.8, 4) is 0 Å². The molecule has 3 aromatic heterocycles. The van der Waals surface area contributed by atoms with Crippen LogP contribution in [-0.4, -0.2) is 36.6 Å². The Morgan fingerprint density at radius 2 is 2.07 bits per heavy atom. The quantitative estimate of drug-likeness (QED) is 0.313. The molecule has 1 aromatic carbocycles. The first-order valence-electron chi connectivity index (χ1n) is 8.83. The molecule has 11 heteroatoms. The number of aromatic nitrogens is 5. The summed E-state index contributed by atoms with van der Waals surface area (Å²) in [5.74, 6) is -2.05. The van der Waals surface area contributed by atoms with E-state index in [0.717, 1.165) is 0 Å². The maximum atomic E-state index is 15.1. The molecule has 3 heterocycles. The first-order chi connectivity index (χ1) is 14.4. The molecule has 0 aliphatic carbocycles. The van der Waals surface area contributed by atoms with Crippen molar-refractivity contribution in [3.05, 3.63) is 65.2 Å². The molecular weight excluding hydrogens is 396 g/mol. The van der Waals surface area contributed by atoms with Crippen LogP contribution in [0.25, 0.3) is 16.6 Å². The Morgan fingerprint density at radius 3 is 2.83 bits per heavy atom. The number of rotatable bonds is 4. The molecule has 9 nitrogen and oxygen atoms in total. The van der Waals surface area contributed by atoms with Gasteiger partial charge in [-0.15, -0.1) is 10.2 Å². The summed E-state index contributed by atoms with van der Waals surface area (Å²) < 4.78 is 31.2. The number of oxime groups is 1. The van der Waals surface area contributed by atoms with Gasteiger partial charge in [-0.3, -0.25) is 9.82 Å². The van der Waals surface area contributed by atoms with Gasteiger partial charge in [0.2, 0.25) is 0 Å². The van der Waals surface area contributed by atoms with Gasteiger partial charge in [0.25, 0.3) is 0 Å². The van der Waals surface area contributed by atoms with Gasteiger partial charge in [0.1, 0.15) is 23.0 Å². The topological polar surface area (TPSA) is 121 Å². The number of amides is 1. The van der Waals surface area contributed by atoms with Crippen LogP contribution >= 0.6 is 0 Å². The van der Waals surface area contributed by atoms with Crippen molar-refractivity contribution in [2.75, 3.05) is 0 Å². The second-order valence-electron chi connectivity index (χ2n) is 6.51. The van der Waals surface area contributed by atoms with Crippen LogP contribution in [0.5, 0.6) is 0 Å². The van der Waals surface area contributed by atoms with Crippen molar-refractivity contribution >= 4 is 28.4 Å². The van der Waals surface area contributed by atoms with Crippen LogP contribution < -0.4 is 5.73 Å². The molecule has 0 saturated carbocycles. The number of halogens is 2. The summed E-state index contributed by atoms with van der Waals surface area (Å²) in [5, 5.41) is 16.2. The lowest BCUT2D eigenvalue weighted by Crippen LogP contribution is -2.13. The largest absolute Gasteiger partial charge is 0.430 e. The highest BCUT2D eigenvalue weighted by Gasteiger charge is 2.25. The fraction of sp³-hybridized carbons (Fsp3) is 0.158. The zero-order chi connectivity index (χ0) is 21.4. The number of pyridine rings is 1. The van der Waals surface area contributed by atoms with E-state index in [1.54, 1.807) is 32.0 Å². The minimum atomic E-state index is -1.06. The van der Waals surface area contributed by atoms with Gasteiger partial charge < -0.3 is 5.73 Å². The van der Waals surface area contributed by atoms with Gasteiger partial charge in [-0.2, -0.15) is 9.61 Å². The minimum absolute atomic E-state index is 0.167. The van der Waals surface area contributed by atoms with Gasteiger partial charge in [-0.05, 0) is 31.2 Å². The molecule has 152 valence electrons. The summed E-state index contributed by atoms with van der Waals surface area (Å²) in [6.07, 6.45) is 0.402. The zero-order valence-corrected chi connectivity index (χ0v) is 15.9. The van der Waals surface area contributed by atoms with Gasteiger partial charge in [-0.1, -0.05) is 12.1 Å². The molecule has 1 amide bonds. The van der Waals surface area contributed by atoms with Crippen LogP contribution in [0.1, 0.15) is 36.8 Å². The third kappa shape index (κ3) is 3.30. The Morgan fingerprint density at radius 1 is 1.27 bits per heavy atom. The fourth-order valence-electron chi connectivity index (χ4n) is 3.12. The van der Waals surface area contributed by atoms with E-state index in [1.807, 2.05) is 0 Å². The average molecular weight is 411 g/mol. The molecule has 30 heavy (non-hydrogen) atoms. The zero-order valence-electron chi connectivity index (χ0n) is 15.9. The molecule has 4 aromatic rings. The van der Waals surface area contributed by atoms with Crippen LogP contribution in [-0.2, 0) is 4.84 Å². The Kier molecular flexibility index (Phi) is 4.78. The van der Waals surface area contributed by atoms with E-state index in [0.29, 0.717) is 11.3 Å². The van der Waals surface area contributed by atoms with Gasteiger partial charge in [0.05, 0.1) is 5.52 Å². The molecular formula is C19H15F2N7O2. The molecule has 0 fully saturated rings. The number of nitrogens with two attached hydrogens (primary N) is 1. The molecule has 4 rings (SSSR count). The van der Waals surface area contributed by atoms with Crippen molar-refractivity contribution in [2.24, 2.45) is 10.9 Å². The van der Waals surface area contributed by atoms with Crippen molar-refractivity contribution in [1.82, 2.24) is 24.8 Å². The molecule has 0 radical (unpaired) electrons. The van der Waals surface area contributed by atoms with Gasteiger partial charge in [0.15, 0.2) is 11.5 Å². The molecule has 1 atom stereocenters. The molecule has 0 saturated heterocycles. The normalized spacial score (nSPS) is 13.0. The molecule has 2 N–H and O–H groups in total. The van der Waals surface area contributed by atoms with Crippen LogP contribution in [0, 0.1) is 11.6 Å². The number of hydrogen-bond acceptors (Lipinski definition) is 7. The van der Waals surface area contributed by atoms with Gasteiger partial charge in [-0.25, -0.2) is 13.6 Å². The van der Waals surface area contributed by atoms with Crippen molar-refractivity contribution < 1.29 is 18.4 Å². The summed E-state index contributed by atoms with van der Waals surface area (Å²) in [6.45, 7) is 3.16. The molecule has 0 bridgehead atoms. The molecule has 0 unspecified atom stereocenters. The second-order valence-corrected chi connectivity index (χ2v) is 6.51. The smallest absolute Gasteiger partial charge is 0.333 e. The number of nitrogens with zero attached hydrogens (tertiary/aromatic N) is 6. The van der Waals surface area contributed by atoms with E-state index < -0.39 is 23.6 Å². The van der Waals surface area contributed by atoms with Crippen LogP contribution in [0.3, 0.4) is 0 Å². The Hall–Kier alpha value is -4.02. The van der Waals surface area contributed by atoms with Crippen molar-refractivity contribution in [1.29, 1.82) is 0 Å². The number of benzene rings is 1. The lowest BCUT2D eigenvalue weighted by Gasteiger charge is -2.14. The minimum Gasteiger partial charge on any atom is -0.333 e. The predicted octanol–water partition coefficient (Wildman–Crippen LogP) is 2.92. The second kappa shape index (κ2) is 7.43. The highest BCUT2D eigenvalue weighted by Crippen LogP contribution is 2.31.